The molecule has 0 radical (unpaired) electrons. The monoisotopic (exact) mass is 445 g/mol. The summed E-state index contributed by atoms with van der Waals surface area (Å²) in [7, 11) is 0. The van der Waals surface area contributed by atoms with E-state index >= 15 is 0 Å². The number of amides is 1. The lowest BCUT2D eigenvalue weighted by atomic mass is 10.2. The summed E-state index contributed by atoms with van der Waals surface area (Å²) in [6.45, 7) is 4.59. The van der Waals surface area contributed by atoms with Gasteiger partial charge in [0, 0.05) is 6.54 Å². The van der Waals surface area contributed by atoms with Crippen molar-refractivity contribution in [3.63, 3.8) is 0 Å². The fourth-order valence-corrected chi connectivity index (χ4v) is 4.18. The van der Waals surface area contributed by atoms with Crippen molar-refractivity contribution < 1.29 is 9.53 Å². The van der Waals surface area contributed by atoms with Gasteiger partial charge in [0.05, 0.1) is 9.38 Å². The van der Waals surface area contributed by atoms with Gasteiger partial charge in [-0.3, -0.25) is 9.69 Å². The minimum Gasteiger partial charge on any atom is -0.488 e. The number of halogens is 1. The zero-order valence-corrected chi connectivity index (χ0v) is 17.1. The number of nitrogens with zero attached hydrogens (tertiary/aromatic N) is 1. The minimum atomic E-state index is -0.0829. The van der Waals surface area contributed by atoms with Gasteiger partial charge in [0.2, 0.25) is 0 Å². The topological polar surface area (TPSA) is 29.5 Å². The summed E-state index contributed by atoms with van der Waals surface area (Å²) in [5, 5.41) is 0. The van der Waals surface area contributed by atoms with Crippen LogP contribution < -0.4 is 4.74 Å². The third kappa shape index (κ3) is 4.44. The molecular formula is C20H16BrNO2S2. The van der Waals surface area contributed by atoms with Crippen LogP contribution in [-0.4, -0.2) is 21.7 Å². The van der Waals surface area contributed by atoms with Gasteiger partial charge in [-0.25, -0.2) is 0 Å². The normalized spacial score (nSPS) is 15.6. The van der Waals surface area contributed by atoms with Crippen molar-refractivity contribution in [2.75, 3.05) is 6.54 Å². The lowest BCUT2D eigenvalue weighted by Crippen LogP contribution is -2.27. The Morgan fingerprint density at radius 2 is 2.00 bits per heavy atom. The second-order valence-electron chi connectivity index (χ2n) is 5.55. The highest BCUT2D eigenvalue weighted by atomic mass is 79.9. The van der Waals surface area contributed by atoms with E-state index in [1.807, 2.05) is 54.6 Å². The summed E-state index contributed by atoms with van der Waals surface area (Å²) in [5.74, 6) is 0.672. The highest BCUT2D eigenvalue weighted by Gasteiger charge is 2.30. The van der Waals surface area contributed by atoms with E-state index in [2.05, 4.69) is 22.5 Å². The van der Waals surface area contributed by atoms with E-state index in [1.165, 1.54) is 11.8 Å². The van der Waals surface area contributed by atoms with Crippen molar-refractivity contribution in [1.82, 2.24) is 4.90 Å². The summed E-state index contributed by atoms with van der Waals surface area (Å²) in [6.07, 6.45) is 3.51. The molecule has 6 heteroatoms. The number of thiocarbonyl (C=S) groups is 1. The molecule has 0 N–H and O–H groups in total. The number of rotatable bonds is 6. The number of carbonyl (C=O) groups excluding carboxylic acids is 1. The van der Waals surface area contributed by atoms with Crippen LogP contribution in [0, 0.1) is 0 Å². The van der Waals surface area contributed by atoms with Gasteiger partial charge >= 0.3 is 0 Å². The van der Waals surface area contributed by atoms with Crippen LogP contribution in [0.4, 0.5) is 0 Å². The van der Waals surface area contributed by atoms with Crippen LogP contribution in [0.3, 0.4) is 0 Å². The standard InChI is InChI=1S/C20H16BrNO2S2/c1-2-10-22-19(23)18(26-20(22)25)12-15-8-9-17(16(21)11-15)24-13-14-6-4-3-5-7-14/h2-9,11-12H,1,10,13H2/b18-12-. The molecule has 1 fully saturated rings. The molecule has 0 unspecified atom stereocenters. The number of ether oxygens (including phenoxy) is 1. The molecule has 132 valence electrons. The van der Waals surface area contributed by atoms with Crippen molar-refractivity contribution in [3.8, 4) is 5.75 Å². The second-order valence-corrected chi connectivity index (χ2v) is 8.08. The van der Waals surface area contributed by atoms with Crippen molar-refractivity contribution in [3.05, 3.63) is 81.7 Å². The molecule has 0 spiro atoms. The largest absolute Gasteiger partial charge is 0.488 e. The molecular weight excluding hydrogens is 430 g/mol. The van der Waals surface area contributed by atoms with Gasteiger partial charge in [0.15, 0.2) is 0 Å². The highest BCUT2D eigenvalue weighted by molar-refractivity contribution is 9.10. The number of carbonyl (C=O) groups is 1. The molecule has 2 aromatic rings. The van der Waals surface area contributed by atoms with Crippen molar-refractivity contribution >= 4 is 56.2 Å². The number of hydrogen-bond donors (Lipinski definition) is 0. The fraction of sp³-hybridized carbons (Fsp3) is 0.100. The molecule has 2 aromatic carbocycles. The quantitative estimate of drug-likeness (QED) is 0.337. The summed E-state index contributed by atoms with van der Waals surface area (Å²) in [5.41, 5.74) is 2.01. The molecule has 3 nitrogen and oxygen atoms in total. The molecule has 1 saturated heterocycles. The molecule has 1 heterocycles. The van der Waals surface area contributed by atoms with Gasteiger partial charge in [-0.2, -0.15) is 0 Å². The lowest BCUT2D eigenvalue weighted by Gasteiger charge is -2.10. The zero-order chi connectivity index (χ0) is 18.5. The van der Waals surface area contributed by atoms with E-state index < -0.39 is 0 Å². The maximum absolute atomic E-state index is 12.4. The predicted molar refractivity (Wildman–Crippen MR) is 115 cm³/mol. The van der Waals surface area contributed by atoms with Crippen LogP contribution in [0.15, 0.2) is 70.6 Å². The Morgan fingerprint density at radius 1 is 1.23 bits per heavy atom. The van der Waals surface area contributed by atoms with Gasteiger partial charge in [-0.05, 0) is 45.3 Å². The highest BCUT2D eigenvalue weighted by Crippen LogP contribution is 2.34. The van der Waals surface area contributed by atoms with Gasteiger partial charge in [0.1, 0.15) is 16.7 Å². The number of benzene rings is 2. The van der Waals surface area contributed by atoms with E-state index in [0.717, 1.165) is 21.3 Å². The maximum Gasteiger partial charge on any atom is 0.266 e. The van der Waals surface area contributed by atoms with Gasteiger partial charge in [-0.15, -0.1) is 6.58 Å². The lowest BCUT2D eigenvalue weighted by molar-refractivity contribution is -0.121. The second kappa shape index (κ2) is 8.66. The Bertz CT molecular complexity index is 881. The Morgan fingerprint density at radius 3 is 2.69 bits per heavy atom. The SMILES string of the molecule is C=CCN1C(=O)/C(=C/c2ccc(OCc3ccccc3)c(Br)c2)SC1=S. The van der Waals surface area contributed by atoms with Gasteiger partial charge < -0.3 is 4.74 Å². The van der Waals surface area contributed by atoms with E-state index in [9.17, 15) is 4.79 Å². The average Bonchev–Trinajstić information content (AvgIpc) is 2.90. The molecule has 1 amide bonds. The van der Waals surface area contributed by atoms with Crippen LogP contribution in [-0.2, 0) is 11.4 Å². The Hall–Kier alpha value is -1.89. The first-order chi connectivity index (χ1) is 12.6. The smallest absolute Gasteiger partial charge is 0.266 e. The van der Waals surface area contributed by atoms with E-state index in [4.69, 9.17) is 17.0 Å². The average molecular weight is 446 g/mol. The zero-order valence-electron chi connectivity index (χ0n) is 13.9. The van der Waals surface area contributed by atoms with Crippen LogP contribution in [0.5, 0.6) is 5.75 Å². The van der Waals surface area contributed by atoms with E-state index in [-0.39, 0.29) is 5.91 Å². The molecule has 26 heavy (non-hydrogen) atoms. The van der Waals surface area contributed by atoms with Crippen molar-refractivity contribution in [2.24, 2.45) is 0 Å². The maximum atomic E-state index is 12.4. The first-order valence-electron chi connectivity index (χ1n) is 7.91. The Labute approximate surface area is 170 Å². The van der Waals surface area contributed by atoms with E-state index in [0.29, 0.717) is 22.4 Å². The molecule has 0 aromatic heterocycles. The third-order valence-electron chi connectivity index (χ3n) is 3.68. The molecule has 0 aliphatic carbocycles. The first kappa shape index (κ1) is 18.9. The Balaban J connectivity index is 1.72. The molecule has 3 rings (SSSR count). The van der Waals surface area contributed by atoms with Crippen LogP contribution in [0.25, 0.3) is 6.08 Å². The summed E-state index contributed by atoms with van der Waals surface area (Å²) < 4.78 is 7.25. The van der Waals surface area contributed by atoms with Crippen LogP contribution in [0.1, 0.15) is 11.1 Å². The Kier molecular flexibility index (Phi) is 6.29. The first-order valence-corrected chi connectivity index (χ1v) is 9.93. The molecule has 0 saturated carbocycles. The van der Waals surface area contributed by atoms with Crippen molar-refractivity contribution in [1.29, 1.82) is 0 Å². The van der Waals surface area contributed by atoms with Gasteiger partial charge in [-0.1, -0.05) is 66.5 Å². The molecule has 0 atom stereocenters. The van der Waals surface area contributed by atoms with Gasteiger partial charge in [0.25, 0.3) is 5.91 Å². The summed E-state index contributed by atoms with van der Waals surface area (Å²) in [6, 6.07) is 15.7. The molecule has 0 bridgehead atoms. The molecule has 1 aliphatic rings. The fourth-order valence-electron chi connectivity index (χ4n) is 2.40. The minimum absolute atomic E-state index is 0.0829. The number of thioether (sulfide) groups is 1. The van der Waals surface area contributed by atoms with Crippen LogP contribution >= 0.6 is 39.9 Å². The third-order valence-corrected chi connectivity index (χ3v) is 5.67. The van der Waals surface area contributed by atoms with Crippen molar-refractivity contribution in [2.45, 2.75) is 6.61 Å². The summed E-state index contributed by atoms with van der Waals surface area (Å²) in [4.78, 5) is 14.5. The summed E-state index contributed by atoms with van der Waals surface area (Å²) >= 11 is 10.1. The van der Waals surface area contributed by atoms with E-state index in [1.54, 1.807) is 11.0 Å². The number of hydrogen-bond acceptors (Lipinski definition) is 4. The van der Waals surface area contributed by atoms with Crippen LogP contribution in [0.2, 0.25) is 0 Å². The predicted octanol–water partition coefficient (Wildman–Crippen LogP) is 5.42. The molecule has 1 aliphatic heterocycles.